The molecular weight excluding hydrogens is 551 g/mol. The number of carbonyl (C=O) groups is 5. The van der Waals surface area contributed by atoms with Crippen molar-refractivity contribution in [3.8, 4) is 0 Å². The van der Waals surface area contributed by atoms with E-state index in [9.17, 15) is 29.1 Å². The lowest BCUT2D eigenvalue weighted by Crippen LogP contribution is -2.51. The summed E-state index contributed by atoms with van der Waals surface area (Å²) in [7, 11) is 0. The Bertz CT molecular complexity index is 851. The van der Waals surface area contributed by atoms with Crippen molar-refractivity contribution < 1.29 is 39.3 Å². The topological polar surface area (TPSA) is 194 Å². The minimum atomic E-state index is -1.46. The van der Waals surface area contributed by atoms with E-state index in [0.29, 0.717) is 25.9 Å². The second-order valence-electron chi connectivity index (χ2n) is 7.07. The highest BCUT2D eigenvalue weighted by Gasteiger charge is 2.24. The van der Waals surface area contributed by atoms with Crippen molar-refractivity contribution in [1.82, 2.24) is 21.3 Å². The minimum absolute atomic E-state index is 0.0569. The zero-order valence-corrected chi connectivity index (χ0v) is 19.8. The van der Waals surface area contributed by atoms with Crippen LogP contribution >= 0.6 is 22.6 Å². The number of benzene rings is 1. The number of urea groups is 2. The molecule has 1 rings (SSSR count). The summed E-state index contributed by atoms with van der Waals surface area (Å²) in [6.07, 6.45) is 0.0785. The summed E-state index contributed by atoms with van der Waals surface area (Å²) in [5, 5.41) is 36.6. The Balaban J connectivity index is 2.33. The predicted molar refractivity (Wildman–Crippen MR) is 125 cm³/mol. The molecule has 0 aliphatic rings. The molecule has 1 aromatic rings. The Labute approximate surface area is 203 Å². The number of rotatable bonds is 14. The molecule has 0 saturated carbocycles. The maximum Gasteiger partial charge on any atom is 0.326 e. The van der Waals surface area contributed by atoms with Gasteiger partial charge in [-0.05, 0) is 66.0 Å². The number of amides is 4. The van der Waals surface area contributed by atoms with Gasteiger partial charge in [0.15, 0.2) is 0 Å². The normalized spacial score (nSPS) is 12.2. The highest BCUT2D eigenvalue weighted by atomic mass is 127. The zero-order chi connectivity index (χ0) is 24.8. The van der Waals surface area contributed by atoms with Gasteiger partial charge >= 0.3 is 30.0 Å². The lowest BCUT2D eigenvalue weighted by molar-refractivity contribution is -0.140. The average Bonchev–Trinajstić information content (AvgIpc) is 2.73. The third kappa shape index (κ3) is 12.5. The number of carboxylic acids is 3. The molecule has 0 aliphatic heterocycles. The molecule has 0 heterocycles. The molecule has 0 spiro atoms. The molecule has 13 heteroatoms. The van der Waals surface area contributed by atoms with E-state index in [1.165, 1.54) is 0 Å². The van der Waals surface area contributed by atoms with Crippen molar-refractivity contribution in [2.24, 2.45) is 0 Å². The number of hydrogen-bond donors (Lipinski definition) is 7. The number of halogens is 1. The van der Waals surface area contributed by atoms with Crippen LogP contribution in [0.3, 0.4) is 0 Å². The van der Waals surface area contributed by atoms with E-state index in [-0.39, 0.29) is 18.9 Å². The molecule has 0 saturated heterocycles. The average molecular weight is 578 g/mol. The number of nitrogens with one attached hydrogen (secondary N) is 4. The first-order valence-corrected chi connectivity index (χ1v) is 11.2. The molecule has 0 aromatic heterocycles. The van der Waals surface area contributed by atoms with Crippen LogP contribution in [0.15, 0.2) is 24.3 Å². The van der Waals surface area contributed by atoms with Crippen molar-refractivity contribution in [3.63, 3.8) is 0 Å². The number of aliphatic carboxylic acids is 3. The minimum Gasteiger partial charge on any atom is -0.481 e. The van der Waals surface area contributed by atoms with E-state index in [1.807, 2.05) is 24.3 Å². The van der Waals surface area contributed by atoms with Crippen LogP contribution in [0.1, 0.15) is 37.7 Å². The third-order valence-electron chi connectivity index (χ3n) is 4.40. The van der Waals surface area contributed by atoms with Gasteiger partial charge in [-0.1, -0.05) is 12.1 Å². The standard InChI is InChI=1S/C20H27IN4O8/c21-13-5-3-4-12(10-13)11-23-19(32)22-9-2-1-6-14(17(28)29)24-20(33)25-15(18(30)31)7-8-16(26)27/h3-5,10,14-15H,1-2,6-9,11H2,(H,26,27)(H,28,29)(H,30,31)(H2,22,23,32)(H2,24,25,33)/t14-,15-/m0/s1. The number of carbonyl (C=O) groups excluding carboxylic acids is 2. The second-order valence-corrected chi connectivity index (χ2v) is 8.31. The fraction of sp³-hybridized carbons (Fsp3) is 0.450. The SMILES string of the molecule is O=C(O)CC[C@H](NC(=O)N[C@@H](CCCCNC(=O)NCc1cccc(I)c1)C(=O)O)C(=O)O. The summed E-state index contributed by atoms with van der Waals surface area (Å²) in [5.41, 5.74) is 0.957. The van der Waals surface area contributed by atoms with Crippen LogP contribution in [-0.4, -0.2) is 63.9 Å². The van der Waals surface area contributed by atoms with E-state index in [0.717, 1.165) is 9.13 Å². The van der Waals surface area contributed by atoms with Crippen LogP contribution in [0.5, 0.6) is 0 Å². The maximum atomic E-state index is 11.9. The summed E-state index contributed by atoms with van der Waals surface area (Å²) in [4.78, 5) is 56.8. The van der Waals surface area contributed by atoms with Crippen LogP contribution in [0.2, 0.25) is 0 Å². The smallest absolute Gasteiger partial charge is 0.326 e. The quantitative estimate of drug-likeness (QED) is 0.127. The first-order valence-electron chi connectivity index (χ1n) is 10.1. The molecular formula is C20H27IN4O8. The zero-order valence-electron chi connectivity index (χ0n) is 17.7. The molecule has 33 heavy (non-hydrogen) atoms. The molecule has 4 amide bonds. The summed E-state index contributed by atoms with van der Waals surface area (Å²) in [5.74, 6) is -3.95. The second kappa shape index (κ2) is 14.9. The third-order valence-corrected chi connectivity index (χ3v) is 5.07. The maximum absolute atomic E-state index is 11.9. The van der Waals surface area contributed by atoms with Crippen LogP contribution in [-0.2, 0) is 20.9 Å². The van der Waals surface area contributed by atoms with Crippen molar-refractivity contribution in [1.29, 1.82) is 0 Å². The Hall–Kier alpha value is -3.10. The van der Waals surface area contributed by atoms with Crippen molar-refractivity contribution >= 4 is 52.6 Å². The van der Waals surface area contributed by atoms with Gasteiger partial charge in [-0.15, -0.1) is 0 Å². The Morgan fingerprint density at radius 2 is 1.48 bits per heavy atom. The van der Waals surface area contributed by atoms with Crippen LogP contribution in [0.4, 0.5) is 9.59 Å². The van der Waals surface area contributed by atoms with E-state index in [2.05, 4.69) is 43.9 Å². The number of unbranched alkanes of at least 4 members (excludes halogenated alkanes) is 1. The molecule has 0 aliphatic carbocycles. The van der Waals surface area contributed by atoms with Gasteiger partial charge in [0.05, 0.1) is 0 Å². The molecule has 0 fully saturated rings. The van der Waals surface area contributed by atoms with Gasteiger partial charge in [0.2, 0.25) is 0 Å². The first-order chi connectivity index (χ1) is 15.6. The van der Waals surface area contributed by atoms with E-state index >= 15 is 0 Å². The summed E-state index contributed by atoms with van der Waals surface area (Å²) in [6.45, 7) is 0.666. The monoisotopic (exact) mass is 578 g/mol. The van der Waals surface area contributed by atoms with Gasteiger partial charge in [0.1, 0.15) is 12.1 Å². The van der Waals surface area contributed by atoms with Crippen molar-refractivity contribution in [2.75, 3.05) is 6.54 Å². The highest BCUT2D eigenvalue weighted by Crippen LogP contribution is 2.07. The van der Waals surface area contributed by atoms with E-state index in [4.69, 9.17) is 10.2 Å². The lowest BCUT2D eigenvalue weighted by Gasteiger charge is -2.18. The van der Waals surface area contributed by atoms with Gasteiger partial charge in [-0.25, -0.2) is 19.2 Å². The van der Waals surface area contributed by atoms with E-state index < -0.39 is 42.4 Å². The van der Waals surface area contributed by atoms with Crippen LogP contribution < -0.4 is 21.3 Å². The Kier molecular flexibility index (Phi) is 12.6. The van der Waals surface area contributed by atoms with Crippen molar-refractivity contribution in [3.05, 3.63) is 33.4 Å². The van der Waals surface area contributed by atoms with Crippen molar-refractivity contribution in [2.45, 2.75) is 50.7 Å². The largest absolute Gasteiger partial charge is 0.481 e. The van der Waals surface area contributed by atoms with Crippen LogP contribution in [0, 0.1) is 3.57 Å². The van der Waals surface area contributed by atoms with Gasteiger partial charge in [-0.2, -0.15) is 0 Å². The molecule has 7 N–H and O–H groups in total. The molecule has 0 unspecified atom stereocenters. The number of carboxylic acid groups (broad SMARTS) is 3. The highest BCUT2D eigenvalue weighted by molar-refractivity contribution is 14.1. The van der Waals surface area contributed by atoms with Crippen LogP contribution in [0.25, 0.3) is 0 Å². The fourth-order valence-corrected chi connectivity index (χ4v) is 3.32. The Morgan fingerprint density at radius 3 is 2.06 bits per heavy atom. The van der Waals surface area contributed by atoms with E-state index in [1.54, 1.807) is 0 Å². The molecule has 1 aromatic carbocycles. The van der Waals surface area contributed by atoms with Gasteiger partial charge in [0.25, 0.3) is 0 Å². The lowest BCUT2D eigenvalue weighted by atomic mass is 10.1. The Morgan fingerprint density at radius 1 is 0.848 bits per heavy atom. The molecule has 2 atom stereocenters. The summed E-state index contributed by atoms with van der Waals surface area (Å²) in [6, 6.07) is 3.56. The number of hydrogen-bond acceptors (Lipinski definition) is 5. The first kappa shape index (κ1) is 27.9. The molecule has 0 radical (unpaired) electrons. The van der Waals surface area contributed by atoms with Gasteiger partial charge in [0, 0.05) is 23.1 Å². The summed E-state index contributed by atoms with van der Waals surface area (Å²) >= 11 is 2.18. The molecule has 12 nitrogen and oxygen atoms in total. The fourth-order valence-electron chi connectivity index (χ4n) is 2.71. The van der Waals surface area contributed by atoms with Gasteiger partial charge in [-0.3, -0.25) is 4.79 Å². The molecule has 0 bridgehead atoms. The summed E-state index contributed by atoms with van der Waals surface area (Å²) < 4.78 is 1.06. The van der Waals surface area contributed by atoms with Gasteiger partial charge < -0.3 is 36.6 Å². The predicted octanol–water partition coefficient (Wildman–Crippen LogP) is 1.33. The molecule has 182 valence electrons.